The van der Waals surface area contributed by atoms with Crippen LogP contribution < -0.4 is 4.74 Å². The van der Waals surface area contributed by atoms with Crippen molar-refractivity contribution in [2.45, 2.75) is 64.7 Å². The Labute approximate surface area is 244 Å². The minimum Gasteiger partial charge on any atom is -0.494 e. The smallest absolute Gasteiger partial charge is 0.305 e. The van der Waals surface area contributed by atoms with E-state index in [1.807, 2.05) is 49.2 Å². The van der Waals surface area contributed by atoms with E-state index in [1.165, 1.54) is 0 Å². The second-order valence-electron chi connectivity index (χ2n) is 9.89. The number of carbonyl (C=O) groups excluding carboxylic acids is 1. The first kappa shape index (κ1) is 34.8. The van der Waals surface area contributed by atoms with Crippen molar-refractivity contribution in [2.75, 3.05) is 35.0 Å². The Hall–Kier alpha value is -3.19. The zero-order chi connectivity index (χ0) is 30.0. The number of Topliss-reactive ketones (excluding diaryl/α,β-unsaturated/α-hetero) is 1. The summed E-state index contributed by atoms with van der Waals surface area (Å²) in [5, 5.41) is 0. The molecule has 1 radical (unpaired) electrons. The fourth-order valence-electron chi connectivity index (χ4n) is 4.40. The molecule has 1 aliphatic rings. The summed E-state index contributed by atoms with van der Waals surface area (Å²) in [5.74, 6) is 5.82. The lowest BCUT2D eigenvalue weighted by Crippen LogP contribution is -2.22. The predicted molar refractivity (Wildman–Crippen MR) is 163 cm³/mol. The third kappa shape index (κ3) is 13.7. The van der Waals surface area contributed by atoms with Gasteiger partial charge in [0.25, 0.3) is 0 Å². The molecule has 6 heteroatoms. The number of methoxy groups -OCH3 is 2. The number of hydrogen-bond donors (Lipinski definition) is 0. The number of terminal acetylenes is 1. The second-order valence-corrected chi connectivity index (χ2v) is 9.89. The normalized spacial score (nSPS) is 16.1. The molecule has 1 aliphatic carbocycles. The first-order valence-corrected chi connectivity index (χ1v) is 13.6. The molecular weight excluding hydrogens is 510 g/mol. The van der Waals surface area contributed by atoms with Gasteiger partial charge in [-0.3, -0.25) is 4.79 Å². The Morgan fingerprint density at radius 3 is 2.25 bits per heavy atom. The van der Waals surface area contributed by atoms with Crippen LogP contribution in [0.5, 0.6) is 5.75 Å². The molecule has 223 valence electrons. The maximum Gasteiger partial charge on any atom is 0.305 e. The van der Waals surface area contributed by atoms with E-state index in [1.54, 1.807) is 34.5 Å². The van der Waals surface area contributed by atoms with Crippen LogP contribution in [0.1, 0.15) is 66.1 Å². The highest BCUT2D eigenvalue weighted by atomic mass is 19.3. The summed E-state index contributed by atoms with van der Waals surface area (Å²) < 4.78 is 40.4. The molecule has 2 aromatic carbocycles. The summed E-state index contributed by atoms with van der Waals surface area (Å²) in [6.07, 6.45) is 11.0. The number of rotatable bonds is 8. The lowest BCUT2D eigenvalue weighted by atomic mass is 9.79. The number of benzene rings is 2. The summed E-state index contributed by atoms with van der Waals surface area (Å²) in [5.41, 5.74) is 3.63. The summed E-state index contributed by atoms with van der Waals surface area (Å²) in [6.45, 7) is 3.27. The van der Waals surface area contributed by atoms with Crippen molar-refractivity contribution in [1.82, 2.24) is 0 Å². The van der Waals surface area contributed by atoms with Crippen LogP contribution in [0.4, 0.5) is 8.78 Å². The topological polar surface area (TPSA) is 44.8 Å². The van der Waals surface area contributed by atoms with Gasteiger partial charge in [-0.2, -0.15) is 8.78 Å². The van der Waals surface area contributed by atoms with E-state index in [2.05, 4.69) is 21.3 Å². The molecule has 1 fully saturated rings. The van der Waals surface area contributed by atoms with Crippen LogP contribution in [-0.2, 0) is 33.5 Å². The van der Waals surface area contributed by atoms with Crippen molar-refractivity contribution in [3.63, 3.8) is 0 Å². The largest absolute Gasteiger partial charge is 0.494 e. The fraction of sp³-hybridized carbons (Fsp3) is 0.500. The molecule has 3 rings (SSSR count). The standard InChI is InChI=1S/C30H32F2O2.2C2H6O.2H2.H/c1-4-22-9-13-26(14-10-22)28(33)20-25-12-16-27(29(21-25)34-5-2)15-11-23-7-6-8-24(19-23)17-18-30(3,31)32;2*1-3-2;;;/h1,6-8,12,16,19,21-22,26H,5,9-11,13-15,20H2,2-3H3;2*1-2H3;2*1H;. The number of hydrogen-bond acceptors (Lipinski definition) is 4. The molecule has 2 aromatic rings. The van der Waals surface area contributed by atoms with Crippen molar-refractivity contribution in [2.24, 2.45) is 11.8 Å². The van der Waals surface area contributed by atoms with Crippen LogP contribution in [0.25, 0.3) is 0 Å². The van der Waals surface area contributed by atoms with Crippen molar-refractivity contribution >= 4 is 5.78 Å². The van der Waals surface area contributed by atoms with E-state index in [0.29, 0.717) is 24.5 Å². The molecule has 0 aromatic heterocycles. The Morgan fingerprint density at radius 2 is 1.68 bits per heavy atom. The SMILES string of the molecule is C#CC1CCC(C(=O)Cc2ccc(CCc3cccc(C#CC(C)(F)F)c3)c(OCC)c2)CC1.COC.COC.[HH].[HH].[H]. The van der Waals surface area contributed by atoms with Crippen molar-refractivity contribution in [3.05, 3.63) is 64.7 Å². The van der Waals surface area contributed by atoms with Gasteiger partial charge < -0.3 is 14.2 Å². The summed E-state index contributed by atoms with van der Waals surface area (Å²) in [4.78, 5) is 12.8. The van der Waals surface area contributed by atoms with Crippen molar-refractivity contribution in [1.29, 1.82) is 0 Å². The zero-order valence-electron chi connectivity index (χ0n) is 25.8. The molecular formula is C34H49F2O4. The molecule has 0 aliphatic heterocycles. The average Bonchev–Trinajstić information content (AvgIpc) is 2.92. The monoisotopic (exact) mass is 559 g/mol. The molecule has 0 heterocycles. The highest BCUT2D eigenvalue weighted by molar-refractivity contribution is 5.83. The Morgan fingerprint density at radius 1 is 1.02 bits per heavy atom. The van der Waals surface area contributed by atoms with Gasteiger partial charge in [-0.15, -0.1) is 12.3 Å². The minimum absolute atomic E-state index is 0. The van der Waals surface area contributed by atoms with Crippen LogP contribution in [0.2, 0.25) is 0 Å². The lowest BCUT2D eigenvalue weighted by Gasteiger charge is -2.24. The molecule has 0 spiro atoms. The number of aryl methyl sites for hydroxylation is 2. The third-order valence-corrected chi connectivity index (χ3v) is 6.26. The second kappa shape index (κ2) is 19.0. The van der Waals surface area contributed by atoms with E-state index >= 15 is 0 Å². The third-order valence-electron chi connectivity index (χ3n) is 6.26. The quantitative estimate of drug-likeness (QED) is 0.313. The number of ketones is 1. The number of ether oxygens (including phenoxy) is 3. The molecule has 40 heavy (non-hydrogen) atoms. The van der Waals surface area contributed by atoms with Crippen molar-refractivity contribution < 1.29 is 32.1 Å². The lowest BCUT2D eigenvalue weighted by molar-refractivity contribution is -0.123. The first-order chi connectivity index (χ1) is 19.1. The van der Waals surface area contributed by atoms with E-state index in [0.717, 1.165) is 67.9 Å². The molecule has 1 saturated carbocycles. The van der Waals surface area contributed by atoms with Gasteiger partial charge in [0.2, 0.25) is 0 Å². The molecule has 0 saturated heterocycles. The molecule has 0 N–H and O–H groups in total. The van der Waals surface area contributed by atoms with Gasteiger partial charge in [0.1, 0.15) is 11.5 Å². The van der Waals surface area contributed by atoms with Gasteiger partial charge in [0.15, 0.2) is 0 Å². The van der Waals surface area contributed by atoms with Gasteiger partial charge in [0.05, 0.1) is 6.61 Å². The molecule has 0 atom stereocenters. The maximum absolute atomic E-state index is 13.0. The van der Waals surface area contributed by atoms with E-state index < -0.39 is 5.92 Å². The maximum atomic E-state index is 13.0. The van der Waals surface area contributed by atoms with Crippen LogP contribution >= 0.6 is 0 Å². The van der Waals surface area contributed by atoms with E-state index in [-0.39, 0.29) is 16.0 Å². The van der Waals surface area contributed by atoms with Crippen LogP contribution in [0, 0.1) is 36.0 Å². The van der Waals surface area contributed by atoms with E-state index in [4.69, 9.17) is 11.2 Å². The fourth-order valence-corrected chi connectivity index (χ4v) is 4.40. The number of halogens is 2. The van der Waals surface area contributed by atoms with Crippen LogP contribution in [0.3, 0.4) is 0 Å². The highest BCUT2D eigenvalue weighted by Gasteiger charge is 2.25. The number of alkyl halides is 2. The van der Waals surface area contributed by atoms with Crippen molar-refractivity contribution in [3.8, 4) is 29.9 Å². The van der Waals surface area contributed by atoms with Crippen LogP contribution in [0.15, 0.2) is 42.5 Å². The Balaban J connectivity index is -0.00000164. The highest BCUT2D eigenvalue weighted by Crippen LogP contribution is 2.30. The van der Waals surface area contributed by atoms with Gasteiger partial charge >= 0.3 is 5.92 Å². The Bertz CT molecular complexity index is 1140. The Kier molecular flexibility index (Phi) is 16.5. The number of carbonyl (C=O) groups is 1. The van der Waals surface area contributed by atoms with Gasteiger partial charge in [-0.05, 0) is 86.3 Å². The van der Waals surface area contributed by atoms with E-state index in [9.17, 15) is 13.6 Å². The van der Waals surface area contributed by atoms with Crippen LogP contribution in [-0.4, -0.2) is 46.8 Å². The van der Waals surface area contributed by atoms with Gasteiger partial charge in [-0.25, -0.2) is 0 Å². The van der Waals surface area contributed by atoms with Gasteiger partial charge in [-0.1, -0.05) is 30.2 Å². The van der Waals surface area contributed by atoms with Gasteiger partial charge in [0, 0.05) is 63.5 Å². The summed E-state index contributed by atoms with van der Waals surface area (Å²) in [7, 11) is 6.50. The first-order valence-electron chi connectivity index (χ1n) is 13.6. The molecule has 4 nitrogen and oxygen atoms in total. The molecule has 0 amide bonds. The predicted octanol–water partition coefficient (Wildman–Crippen LogP) is 7.56. The molecule has 0 bridgehead atoms. The summed E-state index contributed by atoms with van der Waals surface area (Å²) >= 11 is 0. The minimum atomic E-state index is -3.01. The zero-order valence-corrected chi connectivity index (χ0v) is 24.8. The summed E-state index contributed by atoms with van der Waals surface area (Å²) in [6, 6.07) is 13.4. The average molecular weight is 560 g/mol. The molecule has 0 unspecified atom stereocenters.